The quantitative estimate of drug-likeness (QED) is 0.581. The van der Waals surface area contributed by atoms with Gasteiger partial charge in [0.15, 0.2) is 11.0 Å². The van der Waals surface area contributed by atoms with E-state index in [-0.39, 0.29) is 5.91 Å². The highest BCUT2D eigenvalue weighted by Gasteiger charge is 2.29. The smallest absolute Gasteiger partial charge is 0.233 e. The first kappa shape index (κ1) is 18.1. The highest BCUT2D eigenvalue weighted by Crippen LogP contribution is 2.30. The fourth-order valence-corrected chi connectivity index (χ4v) is 3.85. The van der Waals surface area contributed by atoms with Crippen molar-refractivity contribution in [3.8, 4) is 17.1 Å². The van der Waals surface area contributed by atoms with E-state index in [1.54, 1.807) is 0 Å². The molecule has 0 radical (unpaired) electrons. The minimum atomic E-state index is 0.123. The van der Waals surface area contributed by atoms with E-state index >= 15 is 0 Å². The molecule has 1 amide bonds. The lowest BCUT2D eigenvalue weighted by atomic mass is 10.2. The van der Waals surface area contributed by atoms with Gasteiger partial charge in [0.2, 0.25) is 5.91 Å². The summed E-state index contributed by atoms with van der Waals surface area (Å²) in [5.74, 6) is 1.19. The van der Waals surface area contributed by atoms with Crippen LogP contribution in [0.2, 0.25) is 5.02 Å². The molecular formula is C20H19ClN4OS. The highest BCUT2D eigenvalue weighted by molar-refractivity contribution is 7.99. The molecule has 138 valence electrons. The summed E-state index contributed by atoms with van der Waals surface area (Å²) in [4.78, 5) is 14.2. The number of para-hydroxylation sites is 1. The van der Waals surface area contributed by atoms with Crippen molar-refractivity contribution in [2.75, 3.05) is 12.8 Å². The molecule has 1 aliphatic rings. The van der Waals surface area contributed by atoms with Gasteiger partial charge >= 0.3 is 0 Å². The van der Waals surface area contributed by atoms with Gasteiger partial charge in [0.25, 0.3) is 0 Å². The Morgan fingerprint density at radius 2 is 1.85 bits per heavy atom. The molecule has 0 saturated heterocycles. The average molecular weight is 399 g/mol. The van der Waals surface area contributed by atoms with Gasteiger partial charge in [-0.1, -0.05) is 41.6 Å². The van der Waals surface area contributed by atoms with Crippen LogP contribution in [0.25, 0.3) is 17.1 Å². The topological polar surface area (TPSA) is 51.0 Å². The molecule has 0 unspecified atom stereocenters. The normalized spacial score (nSPS) is 13.6. The van der Waals surface area contributed by atoms with E-state index in [1.807, 2.05) is 71.1 Å². The van der Waals surface area contributed by atoms with E-state index in [9.17, 15) is 4.79 Å². The van der Waals surface area contributed by atoms with E-state index in [1.165, 1.54) is 11.8 Å². The summed E-state index contributed by atoms with van der Waals surface area (Å²) in [7, 11) is 1.88. The maximum Gasteiger partial charge on any atom is 0.233 e. The number of aromatic nitrogens is 3. The molecule has 7 heteroatoms. The van der Waals surface area contributed by atoms with Gasteiger partial charge in [-0.2, -0.15) is 0 Å². The monoisotopic (exact) mass is 398 g/mol. The fourth-order valence-electron chi connectivity index (χ4n) is 2.85. The van der Waals surface area contributed by atoms with Gasteiger partial charge in [0.05, 0.1) is 5.75 Å². The number of thioether (sulfide) groups is 1. The molecule has 0 bridgehead atoms. The largest absolute Gasteiger partial charge is 0.342 e. The van der Waals surface area contributed by atoms with Gasteiger partial charge < -0.3 is 4.90 Å². The molecule has 27 heavy (non-hydrogen) atoms. The summed E-state index contributed by atoms with van der Waals surface area (Å²) in [6.45, 7) is 0. The van der Waals surface area contributed by atoms with Crippen LogP contribution in [-0.4, -0.2) is 44.4 Å². The molecule has 1 aliphatic carbocycles. The summed E-state index contributed by atoms with van der Waals surface area (Å²) in [5.41, 5.74) is 1.88. The third-order valence-electron chi connectivity index (χ3n) is 4.56. The Labute approximate surface area is 167 Å². The zero-order valence-electron chi connectivity index (χ0n) is 14.9. The number of benzene rings is 2. The summed E-state index contributed by atoms with van der Waals surface area (Å²) in [6.07, 6.45) is 2.21. The maximum atomic E-state index is 12.4. The molecule has 2 aromatic carbocycles. The molecule has 5 nitrogen and oxygen atoms in total. The van der Waals surface area contributed by atoms with Crippen molar-refractivity contribution < 1.29 is 4.79 Å². The molecule has 1 aromatic heterocycles. The van der Waals surface area contributed by atoms with Crippen LogP contribution in [0.4, 0.5) is 0 Å². The molecular weight excluding hydrogens is 380 g/mol. The Bertz CT molecular complexity index is 938. The maximum absolute atomic E-state index is 12.4. The van der Waals surface area contributed by atoms with Crippen LogP contribution in [0.15, 0.2) is 59.8 Å². The number of halogens is 1. The second-order valence-corrected chi connectivity index (χ2v) is 7.89. The fraction of sp³-hybridized carbons (Fsp3) is 0.250. The zero-order valence-corrected chi connectivity index (χ0v) is 16.5. The molecule has 1 saturated carbocycles. The second-order valence-electron chi connectivity index (χ2n) is 6.51. The number of carbonyl (C=O) groups excluding carboxylic acids is 1. The first-order chi connectivity index (χ1) is 13.1. The Balaban J connectivity index is 1.65. The zero-order chi connectivity index (χ0) is 18.8. The minimum absolute atomic E-state index is 0.123. The van der Waals surface area contributed by atoms with Crippen molar-refractivity contribution >= 4 is 29.3 Å². The van der Waals surface area contributed by atoms with Crippen LogP contribution in [0, 0.1) is 0 Å². The lowest BCUT2D eigenvalue weighted by Crippen LogP contribution is -2.30. The predicted octanol–water partition coefficient (Wildman–Crippen LogP) is 4.30. The lowest BCUT2D eigenvalue weighted by Gasteiger charge is -2.16. The number of hydrogen-bond acceptors (Lipinski definition) is 4. The van der Waals surface area contributed by atoms with Crippen molar-refractivity contribution in [3.63, 3.8) is 0 Å². The van der Waals surface area contributed by atoms with Gasteiger partial charge in [-0.05, 0) is 49.2 Å². The van der Waals surface area contributed by atoms with Crippen molar-refractivity contribution in [3.05, 3.63) is 59.6 Å². The van der Waals surface area contributed by atoms with E-state index < -0.39 is 0 Å². The van der Waals surface area contributed by atoms with E-state index in [4.69, 9.17) is 11.6 Å². The van der Waals surface area contributed by atoms with Crippen molar-refractivity contribution in [1.82, 2.24) is 19.7 Å². The van der Waals surface area contributed by atoms with Crippen LogP contribution >= 0.6 is 23.4 Å². The summed E-state index contributed by atoms with van der Waals surface area (Å²) in [6, 6.07) is 17.9. The molecule has 0 atom stereocenters. The number of hydrogen-bond donors (Lipinski definition) is 0. The van der Waals surface area contributed by atoms with Crippen molar-refractivity contribution in [1.29, 1.82) is 0 Å². The molecule has 0 aliphatic heterocycles. The molecule has 0 spiro atoms. The first-order valence-electron chi connectivity index (χ1n) is 8.79. The molecule has 1 heterocycles. The van der Waals surface area contributed by atoms with Crippen LogP contribution in [0.3, 0.4) is 0 Å². The molecule has 1 fully saturated rings. The standard InChI is InChI=1S/C20H19ClN4OS/c1-24(16-11-12-16)18(26)13-27-20-23-22-19(14-7-9-15(21)10-8-14)25(20)17-5-3-2-4-6-17/h2-10,16H,11-13H2,1H3. The Hall–Kier alpha value is -2.31. The SMILES string of the molecule is CN(C(=O)CSc1nnc(-c2ccc(Cl)cc2)n1-c1ccccc1)C1CC1. The van der Waals surface area contributed by atoms with Crippen molar-refractivity contribution in [2.24, 2.45) is 0 Å². The third-order valence-corrected chi connectivity index (χ3v) is 5.73. The van der Waals surface area contributed by atoms with Crippen LogP contribution in [0.5, 0.6) is 0 Å². The van der Waals surface area contributed by atoms with E-state index in [2.05, 4.69) is 10.2 Å². The lowest BCUT2D eigenvalue weighted by molar-refractivity contribution is -0.127. The average Bonchev–Trinajstić information content (AvgIpc) is 3.46. The Kier molecular flexibility index (Phi) is 5.18. The Morgan fingerprint density at radius 1 is 1.15 bits per heavy atom. The van der Waals surface area contributed by atoms with Crippen LogP contribution in [0.1, 0.15) is 12.8 Å². The van der Waals surface area contributed by atoms with Gasteiger partial charge in [-0.15, -0.1) is 10.2 Å². The van der Waals surface area contributed by atoms with Gasteiger partial charge in [-0.25, -0.2) is 0 Å². The highest BCUT2D eigenvalue weighted by atomic mass is 35.5. The van der Waals surface area contributed by atoms with Gasteiger partial charge in [-0.3, -0.25) is 9.36 Å². The second kappa shape index (κ2) is 7.74. The number of rotatable bonds is 6. The Morgan fingerprint density at radius 3 is 2.52 bits per heavy atom. The molecule has 4 rings (SSSR count). The number of carbonyl (C=O) groups is 1. The summed E-state index contributed by atoms with van der Waals surface area (Å²) < 4.78 is 1.98. The predicted molar refractivity (Wildman–Crippen MR) is 108 cm³/mol. The van der Waals surface area contributed by atoms with E-state index in [0.717, 1.165) is 29.9 Å². The molecule has 3 aromatic rings. The molecule has 0 N–H and O–H groups in total. The van der Waals surface area contributed by atoms with Crippen molar-refractivity contribution in [2.45, 2.75) is 24.0 Å². The van der Waals surface area contributed by atoms with Gasteiger partial charge in [0, 0.05) is 29.4 Å². The summed E-state index contributed by atoms with van der Waals surface area (Å²) in [5, 5.41) is 10.1. The van der Waals surface area contributed by atoms with Gasteiger partial charge in [0.1, 0.15) is 0 Å². The van der Waals surface area contributed by atoms with Crippen LogP contribution in [-0.2, 0) is 4.79 Å². The first-order valence-corrected chi connectivity index (χ1v) is 10.1. The minimum Gasteiger partial charge on any atom is -0.342 e. The van der Waals surface area contributed by atoms with E-state index in [0.29, 0.717) is 22.0 Å². The third kappa shape index (κ3) is 4.01. The number of nitrogens with zero attached hydrogens (tertiary/aromatic N) is 4. The number of amides is 1. The van der Waals surface area contributed by atoms with Crippen LogP contribution < -0.4 is 0 Å². The summed E-state index contributed by atoms with van der Waals surface area (Å²) >= 11 is 7.43.